The minimum atomic E-state index is 0.208. The highest BCUT2D eigenvalue weighted by Gasteiger charge is 2.30. The normalized spacial score (nSPS) is 25.4. The van der Waals surface area contributed by atoms with Crippen LogP contribution in [0, 0.1) is 0 Å². The second-order valence-corrected chi connectivity index (χ2v) is 5.75. The summed E-state index contributed by atoms with van der Waals surface area (Å²) in [6.07, 6.45) is 3.63. The van der Waals surface area contributed by atoms with Crippen molar-refractivity contribution in [2.75, 3.05) is 48.9 Å². The van der Waals surface area contributed by atoms with Crippen LogP contribution in [0.25, 0.3) is 0 Å². The molecule has 7 heteroatoms. The molecule has 0 radical (unpaired) electrons. The molecule has 0 saturated carbocycles. The predicted molar refractivity (Wildman–Crippen MR) is 83.0 cm³/mol. The smallest absolute Gasteiger partial charge is 0.232 e. The van der Waals surface area contributed by atoms with Crippen molar-refractivity contribution in [3.63, 3.8) is 0 Å². The summed E-state index contributed by atoms with van der Waals surface area (Å²) in [4.78, 5) is 18.0. The molecule has 0 amide bonds. The van der Waals surface area contributed by atoms with Gasteiger partial charge in [0.1, 0.15) is 0 Å². The lowest BCUT2D eigenvalue weighted by molar-refractivity contribution is 0.118. The summed E-state index contributed by atoms with van der Waals surface area (Å²) in [5.74, 6) is 2.12. The summed E-state index contributed by atoms with van der Waals surface area (Å²) >= 11 is 0. The van der Waals surface area contributed by atoms with Crippen LogP contribution in [0.2, 0.25) is 0 Å². The Labute approximate surface area is 125 Å². The molecule has 21 heavy (non-hydrogen) atoms. The molecule has 0 spiro atoms. The minimum Gasteiger partial charge on any atom is -0.376 e. The maximum Gasteiger partial charge on any atom is 0.232 e. The van der Waals surface area contributed by atoms with E-state index >= 15 is 0 Å². The molecule has 0 aliphatic carbocycles. The van der Waals surface area contributed by atoms with Gasteiger partial charge in [0.15, 0.2) is 0 Å². The zero-order valence-corrected chi connectivity index (χ0v) is 13.0. The number of rotatable bonds is 4. The lowest BCUT2D eigenvalue weighted by atomic mass is 10.1. The Morgan fingerprint density at radius 1 is 1.24 bits per heavy atom. The van der Waals surface area contributed by atoms with Crippen molar-refractivity contribution in [1.82, 2.24) is 15.0 Å². The van der Waals surface area contributed by atoms with Gasteiger partial charge in [0.05, 0.1) is 12.1 Å². The van der Waals surface area contributed by atoms with Crippen LogP contribution in [0.5, 0.6) is 0 Å². The molecule has 1 aromatic rings. The number of anilines is 3. The van der Waals surface area contributed by atoms with Gasteiger partial charge in [0.25, 0.3) is 0 Å². The largest absolute Gasteiger partial charge is 0.376 e. The SMILES string of the molecule is CNc1nc(N2CCCC2)nc(N(C)C2CCOC2C)n1. The van der Waals surface area contributed by atoms with E-state index < -0.39 is 0 Å². The molecule has 0 aromatic carbocycles. The van der Waals surface area contributed by atoms with E-state index in [0.29, 0.717) is 12.0 Å². The fraction of sp³-hybridized carbons (Fsp3) is 0.786. The molecule has 2 fully saturated rings. The Bertz CT molecular complexity index is 490. The Hall–Kier alpha value is -1.63. The third-order valence-corrected chi connectivity index (χ3v) is 4.37. The zero-order valence-electron chi connectivity index (χ0n) is 13.0. The zero-order chi connectivity index (χ0) is 14.8. The number of nitrogens with one attached hydrogen (secondary N) is 1. The van der Waals surface area contributed by atoms with Gasteiger partial charge in [0.2, 0.25) is 17.8 Å². The molecule has 0 bridgehead atoms. The summed E-state index contributed by atoms with van der Waals surface area (Å²) in [5.41, 5.74) is 0. The van der Waals surface area contributed by atoms with Crippen molar-refractivity contribution >= 4 is 17.8 Å². The predicted octanol–water partition coefficient (Wildman–Crippen LogP) is 1.13. The van der Waals surface area contributed by atoms with Gasteiger partial charge in [-0.1, -0.05) is 0 Å². The summed E-state index contributed by atoms with van der Waals surface area (Å²) in [6, 6.07) is 0.323. The van der Waals surface area contributed by atoms with Crippen LogP contribution in [-0.4, -0.2) is 60.9 Å². The lowest BCUT2D eigenvalue weighted by Crippen LogP contribution is -2.38. The Balaban J connectivity index is 1.87. The van der Waals surface area contributed by atoms with Gasteiger partial charge >= 0.3 is 0 Å². The van der Waals surface area contributed by atoms with Crippen molar-refractivity contribution < 1.29 is 4.74 Å². The Morgan fingerprint density at radius 3 is 2.62 bits per heavy atom. The van der Waals surface area contributed by atoms with Gasteiger partial charge in [-0.05, 0) is 26.2 Å². The van der Waals surface area contributed by atoms with Crippen LogP contribution in [0.3, 0.4) is 0 Å². The van der Waals surface area contributed by atoms with Gasteiger partial charge in [-0.25, -0.2) is 0 Å². The number of aromatic nitrogens is 3. The van der Waals surface area contributed by atoms with Crippen molar-refractivity contribution in [3.05, 3.63) is 0 Å². The van der Waals surface area contributed by atoms with E-state index in [-0.39, 0.29) is 6.10 Å². The van der Waals surface area contributed by atoms with Crippen molar-refractivity contribution in [2.45, 2.75) is 38.3 Å². The maximum absolute atomic E-state index is 5.66. The molecule has 2 aliphatic heterocycles. The molecule has 2 aliphatic rings. The fourth-order valence-corrected chi connectivity index (χ4v) is 3.06. The van der Waals surface area contributed by atoms with E-state index in [1.807, 2.05) is 14.1 Å². The molecule has 1 N–H and O–H groups in total. The lowest BCUT2D eigenvalue weighted by Gasteiger charge is -2.27. The molecule has 3 rings (SSSR count). The molecule has 2 atom stereocenters. The van der Waals surface area contributed by atoms with E-state index in [1.54, 1.807) is 0 Å². The van der Waals surface area contributed by atoms with Gasteiger partial charge < -0.3 is 19.9 Å². The number of hydrogen-bond acceptors (Lipinski definition) is 7. The second-order valence-electron chi connectivity index (χ2n) is 5.75. The first kappa shape index (κ1) is 14.3. The maximum atomic E-state index is 5.66. The molecule has 116 valence electrons. The van der Waals surface area contributed by atoms with Crippen LogP contribution in [0.15, 0.2) is 0 Å². The van der Waals surface area contributed by atoms with E-state index in [0.717, 1.165) is 38.0 Å². The second kappa shape index (κ2) is 6.01. The third-order valence-electron chi connectivity index (χ3n) is 4.37. The Morgan fingerprint density at radius 2 is 2.00 bits per heavy atom. The van der Waals surface area contributed by atoms with E-state index in [1.165, 1.54) is 12.8 Å². The molecular formula is C14H24N6O. The number of likely N-dealkylation sites (N-methyl/N-ethyl adjacent to an activating group) is 1. The van der Waals surface area contributed by atoms with Crippen LogP contribution >= 0.6 is 0 Å². The van der Waals surface area contributed by atoms with Gasteiger partial charge in [-0.2, -0.15) is 15.0 Å². The first-order valence-corrected chi connectivity index (χ1v) is 7.72. The highest BCUT2D eigenvalue weighted by molar-refractivity contribution is 5.45. The van der Waals surface area contributed by atoms with Crippen molar-refractivity contribution in [3.8, 4) is 0 Å². The summed E-state index contributed by atoms with van der Waals surface area (Å²) in [5, 5.41) is 3.04. The van der Waals surface area contributed by atoms with E-state index in [2.05, 4.69) is 37.0 Å². The monoisotopic (exact) mass is 292 g/mol. The molecule has 3 heterocycles. The summed E-state index contributed by atoms with van der Waals surface area (Å²) in [6.45, 7) is 4.97. The summed E-state index contributed by atoms with van der Waals surface area (Å²) < 4.78 is 5.66. The number of hydrogen-bond donors (Lipinski definition) is 1. The van der Waals surface area contributed by atoms with Crippen LogP contribution < -0.4 is 15.1 Å². The van der Waals surface area contributed by atoms with Crippen LogP contribution in [0.4, 0.5) is 17.8 Å². The molecule has 1 aromatic heterocycles. The van der Waals surface area contributed by atoms with E-state index in [9.17, 15) is 0 Å². The Kier molecular flexibility index (Phi) is 4.10. The average molecular weight is 292 g/mol. The minimum absolute atomic E-state index is 0.208. The molecular weight excluding hydrogens is 268 g/mol. The highest BCUT2D eigenvalue weighted by atomic mass is 16.5. The van der Waals surface area contributed by atoms with Crippen molar-refractivity contribution in [1.29, 1.82) is 0 Å². The van der Waals surface area contributed by atoms with Gasteiger partial charge in [-0.3, -0.25) is 0 Å². The quantitative estimate of drug-likeness (QED) is 0.892. The van der Waals surface area contributed by atoms with Crippen LogP contribution in [-0.2, 0) is 4.74 Å². The van der Waals surface area contributed by atoms with Gasteiger partial charge in [0, 0.05) is 33.8 Å². The fourth-order valence-electron chi connectivity index (χ4n) is 3.06. The first-order valence-electron chi connectivity index (χ1n) is 7.72. The van der Waals surface area contributed by atoms with Gasteiger partial charge in [-0.15, -0.1) is 0 Å². The molecule has 7 nitrogen and oxygen atoms in total. The van der Waals surface area contributed by atoms with Crippen molar-refractivity contribution in [2.24, 2.45) is 0 Å². The third kappa shape index (κ3) is 2.88. The molecule has 2 saturated heterocycles. The van der Waals surface area contributed by atoms with E-state index in [4.69, 9.17) is 4.74 Å². The molecule has 2 unspecified atom stereocenters. The number of ether oxygens (including phenoxy) is 1. The summed E-state index contributed by atoms with van der Waals surface area (Å²) in [7, 11) is 3.88. The number of nitrogens with zero attached hydrogens (tertiary/aromatic N) is 5. The first-order chi connectivity index (χ1) is 10.2. The van der Waals surface area contributed by atoms with Crippen LogP contribution in [0.1, 0.15) is 26.2 Å². The standard InChI is InChI=1S/C14H24N6O/c1-10-11(6-9-21-10)19(3)13-16-12(15-2)17-14(18-13)20-7-4-5-8-20/h10-11H,4-9H2,1-3H3,(H,15,16,17,18). The average Bonchev–Trinajstić information content (AvgIpc) is 3.17. The highest BCUT2D eigenvalue weighted by Crippen LogP contribution is 2.25. The topological polar surface area (TPSA) is 66.4 Å².